The van der Waals surface area contributed by atoms with Crippen molar-refractivity contribution in [3.63, 3.8) is 0 Å². The molecule has 3 fully saturated rings. The van der Waals surface area contributed by atoms with Crippen LogP contribution in [0.2, 0.25) is 0 Å². The van der Waals surface area contributed by atoms with Gasteiger partial charge >= 0.3 is 12.2 Å². The molecule has 0 spiro atoms. The SMILES string of the molecule is Cc1ccc(NC(=O)N2CC[C@@H](CC(F)(F)F)C2)cc1-c1cc(N2CCOCC2)nc(N2CC(C)C(O)C2)c1. The van der Waals surface area contributed by atoms with Crippen LogP contribution >= 0.6 is 0 Å². The van der Waals surface area contributed by atoms with Gasteiger partial charge in [0.25, 0.3) is 0 Å². The van der Waals surface area contributed by atoms with Gasteiger partial charge in [-0.1, -0.05) is 13.0 Å². The Morgan fingerprint density at radius 2 is 1.79 bits per heavy atom. The van der Waals surface area contributed by atoms with Gasteiger partial charge in [0.05, 0.1) is 19.3 Å². The molecule has 1 aromatic heterocycles. The highest BCUT2D eigenvalue weighted by Crippen LogP contribution is 2.35. The Balaban J connectivity index is 1.39. The van der Waals surface area contributed by atoms with Crippen LogP contribution in [0.1, 0.15) is 25.3 Å². The molecule has 3 aliphatic heterocycles. The van der Waals surface area contributed by atoms with Crippen LogP contribution in [0.4, 0.5) is 35.3 Å². The molecule has 2 N–H and O–H groups in total. The third-order valence-electron chi connectivity index (χ3n) is 7.92. The summed E-state index contributed by atoms with van der Waals surface area (Å²) in [5.74, 6) is 1.20. The molecule has 2 amide bonds. The summed E-state index contributed by atoms with van der Waals surface area (Å²) in [4.78, 5) is 23.6. The first kappa shape index (κ1) is 27.5. The van der Waals surface area contributed by atoms with Crippen LogP contribution in [0.5, 0.6) is 0 Å². The number of β-amino-alcohol motifs (C(OH)–C–C–N with tert-alkyl or cyclic N) is 1. The van der Waals surface area contributed by atoms with E-state index in [0.29, 0.717) is 45.0 Å². The van der Waals surface area contributed by atoms with Gasteiger partial charge in [-0.2, -0.15) is 13.2 Å². The molecular formula is C28H36F3N5O3. The monoisotopic (exact) mass is 547 g/mol. The lowest BCUT2D eigenvalue weighted by Gasteiger charge is -2.29. The van der Waals surface area contributed by atoms with Crippen molar-refractivity contribution in [2.45, 2.75) is 39.0 Å². The molecule has 5 rings (SSSR count). The van der Waals surface area contributed by atoms with E-state index in [4.69, 9.17) is 9.72 Å². The molecule has 212 valence electrons. The second-order valence-corrected chi connectivity index (χ2v) is 11.0. The number of hydrogen-bond donors (Lipinski definition) is 2. The first-order valence-corrected chi connectivity index (χ1v) is 13.6. The first-order chi connectivity index (χ1) is 18.6. The molecule has 3 saturated heterocycles. The number of rotatable bonds is 5. The van der Waals surface area contributed by atoms with E-state index >= 15 is 0 Å². The van der Waals surface area contributed by atoms with E-state index in [1.807, 2.05) is 44.2 Å². The lowest BCUT2D eigenvalue weighted by atomic mass is 10.00. The average molecular weight is 548 g/mol. The molecule has 39 heavy (non-hydrogen) atoms. The number of alkyl halides is 3. The van der Waals surface area contributed by atoms with E-state index in [1.165, 1.54) is 4.90 Å². The number of nitrogens with one attached hydrogen (secondary N) is 1. The summed E-state index contributed by atoms with van der Waals surface area (Å²) in [6, 6.07) is 9.31. The van der Waals surface area contributed by atoms with Gasteiger partial charge in [0.15, 0.2) is 0 Å². The van der Waals surface area contributed by atoms with Crippen LogP contribution in [-0.4, -0.2) is 85.8 Å². The fourth-order valence-corrected chi connectivity index (χ4v) is 5.63. The highest BCUT2D eigenvalue weighted by atomic mass is 19.4. The van der Waals surface area contributed by atoms with Gasteiger partial charge in [-0.15, -0.1) is 0 Å². The van der Waals surface area contributed by atoms with E-state index in [0.717, 1.165) is 41.4 Å². The Morgan fingerprint density at radius 1 is 1.08 bits per heavy atom. The maximum absolute atomic E-state index is 12.9. The fraction of sp³-hybridized carbons (Fsp3) is 0.571. The summed E-state index contributed by atoms with van der Waals surface area (Å²) in [5, 5.41) is 13.2. The number of benzene rings is 1. The minimum absolute atomic E-state index is 0.0980. The number of aliphatic hydroxyl groups excluding tert-OH is 1. The van der Waals surface area contributed by atoms with Crippen LogP contribution in [0.25, 0.3) is 11.1 Å². The largest absolute Gasteiger partial charge is 0.391 e. The Bertz CT molecular complexity index is 1180. The number of nitrogens with zero attached hydrogens (tertiary/aromatic N) is 4. The zero-order valence-electron chi connectivity index (χ0n) is 22.4. The number of amides is 2. The van der Waals surface area contributed by atoms with Gasteiger partial charge in [-0.05, 0) is 60.2 Å². The summed E-state index contributed by atoms with van der Waals surface area (Å²) >= 11 is 0. The Labute approximate surface area is 226 Å². The number of pyridine rings is 1. The van der Waals surface area contributed by atoms with Gasteiger partial charge in [-0.25, -0.2) is 9.78 Å². The predicted molar refractivity (Wildman–Crippen MR) is 144 cm³/mol. The summed E-state index contributed by atoms with van der Waals surface area (Å²) in [6.45, 7) is 8.37. The molecular weight excluding hydrogens is 511 g/mol. The van der Waals surface area contributed by atoms with Crippen molar-refractivity contribution >= 4 is 23.4 Å². The number of carbonyl (C=O) groups is 1. The second kappa shape index (κ2) is 11.2. The average Bonchev–Trinajstić information content (AvgIpc) is 3.50. The Kier molecular flexibility index (Phi) is 7.91. The predicted octanol–water partition coefficient (Wildman–Crippen LogP) is 4.52. The quantitative estimate of drug-likeness (QED) is 0.573. The Hall–Kier alpha value is -3.05. The second-order valence-electron chi connectivity index (χ2n) is 11.0. The standard InChI is InChI=1S/C28H36F3N5O3/c1-18-3-4-22(32-27(38)35-6-5-20(16-35)14-28(29,30)31)13-23(18)21-11-25(34-7-9-39-10-8-34)33-26(12-21)36-15-19(2)24(37)17-36/h3-4,11-13,19-20,24,37H,5-10,14-17H2,1-2H3,(H,32,38)/t19?,20-,24?/m0/s1. The number of aromatic nitrogens is 1. The number of likely N-dealkylation sites (tertiary alicyclic amines) is 1. The van der Waals surface area contributed by atoms with Crippen molar-refractivity contribution in [3.8, 4) is 11.1 Å². The lowest BCUT2D eigenvalue weighted by molar-refractivity contribution is -0.143. The highest BCUT2D eigenvalue weighted by molar-refractivity contribution is 5.91. The van der Waals surface area contributed by atoms with Crippen LogP contribution in [0.15, 0.2) is 30.3 Å². The molecule has 0 aliphatic carbocycles. The smallest absolute Gasteiger partial charge is 0.389 e. The molecule has 8 nitrogen and oxygen atoms in total. The highest BCUT2D eigenvalue weighted by Gasteiger charge is 2.36. The van der Waals surface area contributed by atoms with Crippen LogP contribution in [-0.2, 0) is 4.74 Å². The zero-order chi connectivity index (χ0) is 27.7. The van der Waals surface area contributed by atoms with Crippen molar-refractivity contribution in [3.05, 3.63) is 35.9 Å². The van der Waals surface area contributed by atoms with Crippen molar-refractivity contribution < 1.29 is 27.8 Å². The summed E-state index contributed by atoms with van der Waals surface area (Å²) in [6.07, 6.45) is -5.16. The first-order valence-electron chi connectivity index (χ1n) is 13.6. The van der Waals surface area contributed by atoms with Crippen LogP contribution in [0, 0.1) is 18.8 Å². The van der Waals surface area contributed by atoms with Gasteiger partial charge in [0, 0.05) is 57.3 Å². The third kappa shape index (κ3) is 6.58. The van der Waals surface area contributed by atoms with Crippen molar-refractivity contribution in [2.75, 3.05) is 67.6 Å². The maximum atomic E-state index is 12.9. The molecule has 2 aromatic rings. The van der Waals surface area contributed by atoms with Crippen molar-refractivity contribution in [1.82, 2.24) is 9.88 Å². The normalized spacial score (nSPS) is 23.9. The minimum atomic E-state index is -4.22. The van der Waals surface area contributed by atoms with E-state index in [2.05, 4.69) is 15.1 Å². The zero-order valence-corrected chi connectivity index (χ0v) is 22.4. The topological polar surface area (TPSA) is 81.2 Å². The summed E-state index contributed by atoms with van der Waals surface area (Å²) < 4.78 is 43.9. The van der Waals surface area contributed by atoms with Gasteiger partial charge < -0.3 is 29.9 Å². The van der Waals surface area contributed by atoms with E-state index in [-0.39, 0.29) is 18.5 Å². The molecule has 0 bridgehead atoms. The molecule has 11 heteroatoms. The number of hydrogen-bond acceptors (Lipinski definition) is 6. The number of aliphatic hydroxyl groups is 1. The molecule has 3 aliphatic rings. The lowest BCUT2D eigenvalue weighted by Crippen LogP contribution is -2.37. The molecule has 4 heterocycles. The van der Waals surface area contributed by atoms with Crippen molar-refractivity contribution in [2.24, 2.45) is 11.8 Å². The number of halogens is 3. The number of urea groups is 1. The Morgan fingerprint density at radius 3 is 2.46 bits per heavy atom. The number of carbonyl (C=O) groups excluding carboxylic acids is 1. The molecule has 1 aromatic carbocycles. The number of anilines is 3. The van der Waals surface area contributed by atoms with E-state index < -0.39 is 24.6 Å². The van der Waals surface area contributed by atoms with Crippen LogP contribution in [0.3, 0.4) is 0 Å². The van der Waals surface area contributed by atoms with Crippen molar-refractivity contribution in [1.29, 1.82) is 0 Å². The van der Waals surface area contributed by atoms with E-state index in [1.54, 1.807) is 0 Å². The number of aryl methyl sites for hydroxylation is 1. The summed E-state index contributed by atoms with van der Waals surface area (Å²) in [7, 11) is 0. The van der Waals surface area contributed by atoms with Gasteiger partial charge in [0.2, 0.25) is 0 Å². The minimum Gasteiger partial charge on any atom is -0.391 e. The third-order valence-corrected chi connectivity index (χ3v) is 7.92. The van der Waals surface area contributed by atoms with Gasteiger partial charge in [0.1, 0.15) is 11.6 Å². The molecule has 0 radical (unpaired) electrons. The molecule has 2 unspecified atom stereocenters. The maximum Gasteiger partial charge on any atom is 0.389 e. The van der Waals surface area contributed by atoms with Crippen LogP contribution < -0.4 is 15.1 Å². The summed E-state index contributed by atoms with van der Waals surface area (Å²) in [5.41, 5.74) is 3.46. The van der Waals surface area contributed by atoms with E-state index in [9.17, 15) is 23.1 Å². The number of morpholine rings is 1. The molecule has 0 saturated carbocycles. The fourth-order valence-electron chi connectivity index (χ4n) is 5.63. The number of ether oxygens (including phenoxy) is 1. The molecule has 3 atom stereocenters. The van der Waals surface area contributed by atoms with Gasteiger partial charge in [-0.3, -0.25) is 0 Å².